The van der Waals surface area contributed by atoms with Gasteiger partial charge in [0.05, 0.1) is 17.7 Å². The fourth-order valence-corrected chi connectivity index (χ4v) is 8.86. The van der Waals surface area contributed by atoms with Gasteiger partial charge in [0.2, 0.25) is 0 Å². The van der Waals surface area contributed by atoms with Gasteiger partial charge in [-0.2, -0.15) is 4.59 Å². The maximum absolute atomic E-state index is 13.9. The molecular formula is C27H34Cl2N3O3+. The molecule has 2 N–H and O–H groups in total. The van der Waals surface area contributed by atoms with Crippen molar-refractivity contribution in [3.8, 4) is 0 Å². The molecule has 2 amide bonds. The fraction of sp³-hybridized carbons (Fsp3) is 0.630. The van der Waals surface area contributed by atoms with E-state index in [9.17, 15) is 14.7 Å². The SMILES string of the molecule is C[N+]1(C2CCCCC2)C=C(C(=O)NC23CC4CC(CC(O)(C4)C2)C3)C(=O)N1c1ccc(Cl)cc1Cl. The highest BCUT2D eigenvalue weighted by Gasteiger charge is 2.59. The lowest BCUT2D eigenvalue weighted by Gasteiger charge is -2.60. The van der Waals surface area contributed by atoms with Crippen LogP contribution in [0.2, 0.25) is 10.0 Å². The number of carbonyl (C=O) groups is 2. The average molecular weight is 519 g/mol. The fourth-order valence-electron chi connectivity index (χ4n) is 8.38. The summed E-state index contributed by atoms with van der Waals surface area (Å²) >= 11 is 12.7. The van der Waals surface area contributed by atoms with Gasteiger partial charge < -0.3 is 10.4 Å². The molecule has 4 bridgehead atoms. The van der Waals surface area contributed by atoms with Crippen LogP contribution in [-0.4, -0.2) is 45.7 Å². The number of hydrogen-bond acceptors (Lipinski definition) is 3. The average Bonchev–Trinajstić information content (AvgIpc) is 3.04. The van der Waals surface area contributed by atoms with Gasteiger partial charge in [-0.1, -0.05) is 29.6 Å². The Labute approximate surface area is 216 Å². The molecule has 1 aliphatic heterocycles. The summed E-state index contributed by atoms with van der Waals surface area (Å²) in [4.78, 5) is 27.7. The number of benzene rings is 1. The number of amides is 2. The molecule has 5 saturated carbocycles. The molecule has 3 atom stereocenters. The van der Waals surface area contributed by atoms with E-state index in [-0.39, 0.29) is 28.0 Å². The highest BCUT2D eigenvalue weighted by atomic mass is 35.5. The second-order valence-corrected chi connectivity index (χ2v) is 12.9. The second kappa shape index (κ2) is 8.20. The molecule has 1 heterocycles. The molecular weight excluding hydrogens is 485 g/mol. The van der Waals surface area contributed by atoms with E-state index in [1.54, 1.807) is 23.2 Å². The first-order valence-corrected chi connectivity index (χ1v) is 13.8. The van der Waals surface area contributed by atoms with E-state index in [2.05, 4.69) is 5.32 Å². The summed E-state index contributed by atoms with van der Waals surface area (Å²) in [6, 6.07) is 5.33. The van der Waals surface area contributed by atoms with Crippen molar-refractivity contribution in [3.05, 3.63) is 40.0 Å². The molecule has 7 rings (SSSR count). The molecule has 1 aromatic carbocycles. The van der Waals surface area contributed by atoms with Crippen molar-refractivity contribution >= 4 is 40.7 Å². The van der Waals surface area contributed by atoms with Crippen LogP contribution in [0.5, 0.6) is 0 Å². The Hall–Kier alpha value is -1.60. The zero-order valence-corrected chi connectivity index (χ0v) is 21.7. The monoisotopic (exact) mass is 518 g/mol. The molecule has 188 valence electrons. The third-order valence-electron chi connectivity index (χ3n) is 9.35. The van der Waals surface area contributed by atoms with E-state index in [1.165, 1.54) is 6.42 Å². The van der Waals surface area contributed by atoms with E-state index in [0.29, 0.717) is 34.0 Å². The predicted octanol–water partition coefficient (Wildman–Crippen LogP) is 5.12. The Kier molecular flexibility index (Phi) is 5.57. The molecule has 3 unspecified atom stereocenters. The molecule has 1 aromatic rings. The van der Waals surface area contributed by atoms with Crippen LogP contribution in [0.1, 0.15) is 70.6 Å². The Morgan fingerprint density at radius 1 is 1.11 bits per heavy atom. The van der Waals surface area contributed by atoms with Gasteiger partial charge in [0.1, 0.15) is 17.9 Å². The first-order chi connectivity index (χ1) is 16.6. The minimum Gasteiger partial charge on any atom is -0.390 e. The molecule has 8 heteroatoms. The van der Waals surface area contributed by atoms with Crippen LogP contribution in [0.25, 0.3) is 0 Å². The number of nitrogens with one attached hydrogen (secondary N) is 1. The van der Waals surface area contributed by atoms with Crippen molar-refractivity contribution < 1.29 is 19.3 Å². The second-order valence-electron chi connectivity index (χ2n) is 12.1. The lowest BCUT2D eigenvalue weighted by atomic mass is 9.51. The molecule has 35 heavy (non-hydrogen) atoms. The van der Waals surface area contributed by atoms with E-state index in [0.717, 1.165) is 57.8 Å². The Morgan fingerprint density at radius 2 is 1.80 bits per heavy atom. The third-order valence-corrected chi connectivity index (χ3v) is 9.89. The van der Waals surface area contributed by atoms with Crippen LogP contribution in [0.15, 0.2) is 30.0 Å². The molecule has 6 aliphatic rings. The number of quaternary nitrogens is 1. The molecule has 0 spiro atoms. The highest BCUT2D eigenvalue weighted by Crippen LogP contribution is 2.57. The van der Waals surface area contributed by atoms with Gasteiger partial charge >= 0.3 is 5.91 Å². The zero-order chi connectivity index (χ0) is 24.6. The molecule has 6 nitrogen and oxygen atoms in total. The van der Waals surface area contributed by atoms with Crippen LogP contribution >= 0.6 is 23.2 Å². The van der Waals surface area contributed by atoms with Gasteiger partial charge in [-0.05, 0) is 81.4 Å². The van der Waals surface area contributed by atoms with Gasteiger partial charge in [-0.15, -0.1) is 5.01 Å². The molecule has 5 aliphatic carbocycles. The maximum atomic E-state index is 13.9. The number of halogens is 2. The van der Waals surface area contributed by atoms with Crippen LogP contribution in [-0.2, 0) is 9.59 Å². The van der Waals surface area contributed by atoms with Crippen molar-refractivity contribution in [2.45, 2.75) is 87.8 Å². The summed E-state index contributed by atoms with van der Waals surface area (Å²) in [6.45, 7) is 0. The van der Waals surface area contributed by atoms with Gasteiger partial charge in [-0.25, -0.2) is 0 Å². The normalized spacial score (nSPS) is 38.7. The van der Waals surface area contributed by atoms with Crippen molar-refractivity contribution in [2.75, 3.05) is 12.1 Å². The molecule has 5 fully saturated rings. The Bertz CT molecular complexity index is 1100. The topological polar surface area (TPSA) is 69.6 Å². The number of aliphatic hydroxyl groups is 1. The smallest absolute Gasteiger partial charge is 0.315 e. The lowest BCUT2D eigenvalue weighted by molar-refractivity contribution is -0.885. The minimum atomic E-state index is -0.680. The summed E-state index contributed by atoms with van der Waals surface area (Å²) in [5.41, 5.74) is -0.360. The number of anilines is 1. The van der Waals surface area contributed by atoms with Gasteiger partial charge in [0.25, 0.3) is 5.91 Å². The van der Waals surface area contributed by atoms with E-state index >= 15 is 0 Å². The summed E-state index contributed by atoms with van der Waals surface area (Å²) in [6.07, 6.45) is 12.4. The van der Waals surface area contributed by atoms with Crippen molar-refractivity contribution in [1.29, 1.82) is 0 Å². The lowest BCUT2D eigenvalue weighted by Crippen LogP contribution is -2.65. The van der Waals surface area contributed by atoms with E-state index in [1.807, 2.05) is 13.2 Å². The first-order valence-electron chi connectivity index (χ1n) is 13.0. The Morgan fingerprint density at radius 3 is 2.43 bits per heavy atom. The van der Waals surface area contributed by atoms with E-state index < -0.39 is 11.1 Å². The number of nitrogens with zero attached hydrogens (tertiary/aromatic N) is 2. The first kappa shape index (κ1) is 23.8. The van der Waals surface area contributed by atoms with Crippen molar-refractivity contribution in [1.82, 2.24) is 5.32 Å². The molecule has 0 aromatic heterocycles. The Balaban J connectivity index is 1.34. The van der Waals surface area contributed by atoms with E-state index in [4.69, 9.17) is 23.2 Å². The largest absolute Gasteiger partial charge is 0.390 e. The minimum absolute atomic E-state index is 0.173. The number of rotatable bonds is 4. The predicted molar refractivity (Wildman–Crippen MR) is 136 cm³/mol. The maximum Gasteiger partial charge on any atom is 0.315 e. The summed E-state index contributed by atoms with van der Waals surface area (Å²) < 4.78 is 0.213. The summed E-state index contributed by atoms with van der Waals surface area (Å²) in [7, 11) is 2.01. The van der Waals surface area contributed by atoms with Gasteiger partial charge in [0, 0.05) is 23.4 Å². The zero-order valence-electron chi connectivity index (χ0n) is 20.2. The molecule has 0 saturated heterocycles. The van der Waals surface area contributed by atoms with Crippen LogP contribution < -0.4 is 10.3 Å². The number of carbonyl (C=O) groups excluding carboxylic acids is 2. The summed E-state index contributed by atoms with van der Waals surface area (Å²) in [5.74, 6) is 0.237. The third kappa shape index (κ3) is 3.92. The quantitative estimate of drug-likeness (QED) is 0.429. The van der Waals surface area contributed by atoms with Crippen LogP contribution in [0.4, 0.5) is 5.69 Å². The summed E-state index contributed by atoms with van der Waals surface area (Å²) in [5, 5.41) is 17.0. The van der Waals surface area contributed by atoms with Crippen molar-refractivity contribution in [2.24, 2.45) is 11.8 Å². The standard InChI is InChI=1S/C27H33Cl2N3O3/c1-32(20-5-3-2-4-6-20)15-21(25(34)31(32)23-8-7-19(28)10-22(23)29)24(33)30-26-11-17-9-18(12-26)14-27(35,13-17)16-26/h7-8,10,15,17-18,20,35H,2-6,9,11-14,16H2,1H3/p+1. The highest BCUT2D eigenvalue weighted by molar-refractivity contribution is 6.37. The van der Waals surface area contributed by atoms with Crippen molar-refractivity contribution in [3.63, 3.8) is 0 Å². The van der Waals surface area contributed by atoms with Gasteiger partial charge in [-0.3, -0.25) is 9.59 Å². The van der Waals surface area contributed by atoms with Gasteiger partial charge in [0.15, 0.2) is 5.57 Å². The van der Waals surface area contributed by atoms with Crippen LogP contribution in [0.3, 0.4) is 0 Å². The number of hydrogen-bond donors (Lipinski definition) is 2. The molecule has 0 radical (unpaired) electrons. The van der Waals surface area contributed by atoms with Crippen LogP contribution in [0, 0.1) is 11.8 Å².